The number of amides is 2. The molecule has 7 rings (SSSR count). The molecule has 2 atom stereocenters. The molecule has 2 amide bonds. The van der Waals surface area contributed by atoms with Gasteiger partial charge in [0.2, 0.25) is 11.8 Å². The first-order valence-electron chi connectivity index (χ1n) is 13.7. The van der Waals surface area contributed by atoms with E-state index >= 15 is 4.39 Å². The van der Waals surface area contributed by atoms with Crippen LogP contribution in [0.15, 0.2) is 48.9 Å². The van der Waals surface area contributed by atoms with Crippen LogP contribution in [-0.2, 0) is 9.59 Å². The van der Waals surface area contributed by atoms with Gasteiger partial charge in [-0.05, 0) is 72.4 Å². The van der Waals surface area contributed by atoms with Gasteiger partial charge in [-0.3, -0.25) is 9.59 Å². The molecule has 1 unspecified atom stereocenters. The number of nitrogens with one attached hydrogen (secondary N) is 2. The normalized spacial score (nSPS) is 19.9. The number of hydrogen-bond acceptors (Lipinski definition) is 7. The number of anilines is 1. The van der Waals surface area contributed by atoms with E-state index in [4.69, 9.17) is 16.3 Å². The van der Waals surface area contributed by atoms with E-state index in [1.165, 1.54) is 23.2 Å². The fourth-order valence-corrected chi connectivity index (χ4v) is 6.07. The summed E-state index contributed by atoms with van der Waals surface area (Å²) in [6, 6.07) is 8.15. The number of halogens is 2. The van der Waals surface area contributed by atoms with Gasteiger partial charge < -0.3 is 19.9 Å². The van der Waals surface area contributed by atoms with Crippen LogP contribution in [0.3, 0.4) is 0 Å². The van der Waals surface area contributed by atoms with Gasteiger partial charge >= 0.3 is 0 Å². The van der Waals surface area contributed by atoms with E-state index < -0.39 is 5.82 Å². The number of methoxy groups -OCH3 is 1. The third kappa shape index (κ3) is 4.61. The van der Waals surface area contributed by atoms with E-state index in [9.17, 15) is 9.59 Å². The average molecular weight is 589 g/mol. The summed E-state index contributed by atoms with van der Waals surface area (Å²) in [4.78, 5) is 36.0. The number of hydrogen-bond donors (Lipinski definition) is 2. The lowest BCUT2D eigenvalue weighted by Gasteiger charge is -2.33. The number of aromatic amines is 1. The summed E-state index contributed by atoms with van der Waals surface area (Å²) >= 11 is 6.14. The van der Waals surface area contributed by atoms with Crippen LogP contribution in [0.1, 0.15) is 49.5 Å². The highest BCUT2D eigenvalue weighted by Gasteiger charge is 2.42. The highest BCUT2D eigenvalue weighted by atomic mass is 35.5. The van der Waals surface area contributed by atoms with Gasteiger partial charge in [-0.15, -0.1) is 5.10 Å². The number of nitrogens with zero attached hydrogens (tertiary/aromatic N) is 6. The molecule has 1 aliphatic carbocycles. The van der Waals surface area contributed by atoms with E-state index in [1.54, 1.807) is 25.4 Å². The number of carbonyl (C=O) groups is 2. The van der Waals surface area contributed by atoms with Crippen molar-refractivity contribution in [3.8, 4) is 22.7 Å². The molecule has 2 fully saturated rings. The number of tetrazole rings is 1. The molecule has 2 aromatic carbocycles. The predicted molar refractivity (Wildman–Crippen MR) is 151 cm³/mol. The third-order valence-electron chi connectivity index (χ3n) is 8.13. The molecule has 4 heterocycles. The van der Waals surface area contributed by atoms with Gasteiger partial charge in [0, 0.05) is 35.2 Å². The minimum absolute atomic E-state index is 0.0104. The Bertz CT molecular complexity index is 1730. The highest BCUT2D eigenvalue weighted by Crippen LogP contribution is 2.44. The number of carbonyl (C=O) groups excluding carboxylic acids is 2. The molecule has 2 N–H and O–H groups in total. The van der Waals surface area contributed by atoms with Crippen LogP contribution in [0.25, 0.3) is 22.5 Å². The Kier molecular flexibility index (Phi) is 6.49. The predicted octanol–water partition coefficient (Wildman–Crippen LogP) is 4.72. The summed E-state index contributed by atoms with van der Waals surface area (Å²) in [5.74, 6) is 0.463. The van der Waals surface area contributed by atoms with Gasteiger partial charge in [-0.2, -0.15) is 4.68 Å². The Morgan fingerprint density at radius 2 is 2.05 bits per heavy atom. The smallest absolute Gasteiger partial charge is 0.247 e. The van der Waals surface area contributed by atoms with Crippen molar-refractivity contribution < 1.29 is 18.7 Å². The Hall–Kier alpha value is -4.58. The number of rotatable bonds is 7. The molecule has 4 aromatic rings. The maximum absolute atomic E-state index is 15.4. The molecule has 214 valence electrons. The second kappa shape index (κ2) is 10.4. The van der Waals surface area contributed by atoms with E-state index in [1.807, 2.05) is 17.0 Å². The van der Waals surface area contributed by atoms with Gasteiger partial charge in [0.25, 0.3) is 0 Å². The quantitative estimate of drug-likeness (QED) is 0.319. The molecule has 1 saturated heterocycles. The monoisotopic (exact) mass is 588 g/mol. The second-order valence-corrected chi connectivity index (χ2v) is 11.1. The number of aromatic nitrogens is 6. The van der Waals surface area contributed by atoms with Crippen molar-refractivity contribution in [2.24, 2.45) is 5.92 Å². The lowest BCUT2D eigenvalue weighted by atomic mass is 9.92. The van der Waals surface area contributed by atoms with E-state index in [0.29, 0.717) is 41.4 Å². The molecule has 0 spiro atoms. The number of ether oxygens (including phenoxy) is 1. The van der Waals surface area contributed by atoms with Crippen molar-refractivity contribution in [3.05, 3.63) is 71.2 Å². The fraction of sp³-hybridized carbons (Fsp3) is 0.310. The van der Waals surface area contributed by atoms with Crippen LogP contribution in [0.4, 0.5) is 10.1 Å². The number of imidazole rings is 1. The first-order chi connectivity index (χ1) is 20.4. The minimum atomic E-state index is -0.619. The van der Waals surface area contributed by atoms with E-state index in [2.05, 4.69) is 30.8 Å². The molecule has 11 nitrogen and oxygen atoms in total. The van der Waals surface area contributed by atoms with Crippen LogP contribution >= 0.6 is 11.6 Å². The number of fused-ring (bicyclic) bond motifs is 1. The van der Waals surface area contributed by atoms with Gasteiger partial charge in [0.1, 0.15) is 17.9 Å². The molecule has 3 aliphatic rings. The van der Waals surface area contributed by atoms with Crippen LogP contribution in [-0.4, -0.2) is 60.0 Å². The SMILES string of the molecule is COc1ccc(-c2cnc([C@@H]3CCC4CC(c5c(-n6cnnn6)ccc(Cl)c5F)=CC(=O)N43)[nH]2)c(NC(=O)C2CC2)c1. The van der Waals surface area contributed by atoms with Crippen LogP contribution < -0.4 is 10.1 Å². The van der Waals surface area contributed by atoms with Crippen molar-refractivity contribution >= 4 is 34.7 Å². The maximum Gasteiger partial charge on any atom is 0.247 e. The zero-order valence-electron chi connectivity index (χ0n) is 22.6. The molecule has 2 aromatic heterocycles. The second-order valence-electron chi connectivity index (χ2n) is 10.7. The van der Waals surface area contributed by atoms with Crippen LogP contribution in [0.5, 0.6) is 5.75 Å². The molecular weight excluding hydrogens is 563 g/mol. The molecule has 42 heavy (non-hydrogen) atoms. The van der Waals surface area contributed by atoms with Crippen molar-refractivity contribution in [1.29, 1.82) is 0 Å². The molecule has 1 saturated carbocycles. The lowest BCUT2D eigenvalue weighted by Crippen LogP contribution is -2.39. The standard InChI is InChI=1S/C29H26ClFN8O3/c1-42-18-5-6-19(21(12-18)35-29(41)15-2-3-15)22-13-32-28(34-22)24-8-4-17-10-16(11-25(40)39(17)24)26-23(38-14-33-36-37-38)9-7-20(30)27(26)31/h5-7,9,11-15,17,24H,2-4,8,10H2,1H3,(H,32,34)(H,35,41)/t17?,24-/m0/s1. The topological polar surface area (TPSA) is 131 Å². The van der Waals surface area contributed by atoms with Crippen molar-refractivity contribution in [2.45, 2.75) is 44.2 Å². The molecule has 0 radical (unpaired) electrons. The van der Waals surface area contributed by atoms with E-state index in [-0.39, 0.29) is 40.4 Å². The van der Waals surface area contributed by atoms with Crippen LogP contribution in [0, 0.1) is 11.7 Å². The highest BCUT2D eigenvalue weighted by molar-refractivity contribution is 6.31. The Morgan fingerprint density at radius 1 is 1.19 bits per heavy atom. The summed E-state index contributed by atoms with van der Waals surface area (Å²) in [5, 5.41) is 14.2. The Balaban J connectivity index is 1.18. The summed E-state index contributed by atoms with van der Waals surface area (Å²) < 4.78 is 22.1. The lowest BCUT2D eigenvalue weighted by molar-refractivity contribution is -0.129. The summed E-state index contributed by atoms with van der Waals surface area (Å²) in [6.07, 6.45) is 8.19. The molecule has 0 bridgehead atoms. The number of benzene rings is 2. The van der Waals surface area contributed by atoms with Gasteiger partial charge in [-0.1, -0.05) is 11.6 Å². The number of H-pyrrole nitrogens is 1. The first kappa shape index (κ1) is 26.3. The Labute approximate surface area is 244 Å². The third-order valence-corrected chi connectivity index (χ3v) is 8.43. The van der Waals surface area contributed by atoms with E-state index in [0.717, 1.165) is 30.5 Å². The van der Waals surface area contributed by atoms with Gasteiger partial charge in [0.15, 0.2) is 5.82 Å². The maximum atomic E-state index is 15.4. The molecule has 2 aliphatic heterocycles. The van der Waals surface area contributed by atoms with Crippen LogP contribution in [0.2, 0.25) is 5.02 Å². The Morgan fingerprint density at radius 3 is 2.81 bits per heavy atom. The zero-order chi connectivity index (χ0) is 29.0. The van der Waals surface area contributed by atoms with Gasteiger partial charge in [0.05, 0.1) is 41.4 Å². The van der Waals surface area contributed by atoms with Crippen molar-refractivity contribution in [1.82, 2.24) is 35.1 Å². The average Bonchev–Trinajstić information content (AvgIpc) is 3.34. The minimum Gasteiger partial charge on any atom is -0.497 e. The largest absolute Gasteiger partial charge is 0.497 e. The fourth-order valence-electron chi connectivity index (χ4n) is 5.92. The van der Waals surface area contributed by atoms with Gasteiger partial charge in [-0.25, -0.2) is 9.37 Å². The summed E-state index contributed by atoms with van der Waals surface area (Å²) in [6.45, 7) is 0. The van der Waals surface area contributed by atoms with Crippen molar-refractivity contribution in [3.63, 3.8) is 0 Å². The zero-order valence-corrected chi connectivity index (χ0v) is 23.3. The summed E-state index contributed by atoms with van der Waals surface area (Å²) in [5.41, 5.74) is 3.29. The molecule has 13 heteroatoms. The van der Waals surface area contributed by atoms with Crippen molar-refractivity contribution in [2.75, 3.05) is 12.4 Å². The first-order valence-corrected chi connectivity index (χ1v) is 14.1. The summed E-state index contributed by atoms with van der Waals surface area (Å²) in [7, 11) is 1.58. The molecular formula is C29H26ClFN8O3.